The van der Waals surface area contributed by atoms with Gasteiger partial charge in [-0.15, -0.1) is 0 Å². The minimum atomic E-state index is -0.291. The molecule has 1 saturated heterocycles. The van der Waals surface area contributed by atoms with Gasteiger partial charge in [-0.1, -0.05) is 24.3 Å². The number of rotatable bonds is 6. The van der Waals surface area contributed by atoms with E-state index >= 15 is 0 Å². The molecule has 0 spiro atoms. The molecule has 2 aromatic carbocycles. The van der Waals surface area contributed by atoms with Crippen LogP contribution in [-0.2, 0) is 4.79 Å². The van der Waals surface area contributed by atoms with E-state index in [2.05, 4.69) is 5.32 Å². The van der Waals surface area contributed by atoms with Gasteiger partial charge in [-0.25, -0.2) is 0 Å². The van der Waals surface area contributed by atoms with E-state index in [0.29, 0.717) is 48.8 Å². The zero-order valence-corrected chi connectivity index (χ0v) is 17.1. The van der Waals surface area contributed by atoms with Gasteiger partial charge in [0.05, 0.1) is 20.8 Å². The average Bonchev–Trinajstić information content (AvgIpc) is 2.81. The first-order chi connectivity index (χ1) is 14.5. The Kier molecular flexibility index (Phi) is 6.90. The lowest BCUT2D eigenvalue weighted by atomic mass is 10.1. The fourth-order valence-corrected chi connectivity index (χ4v) is 3.34. The molecule has 0 radical (unpaired) electrons. The number of nitrogens with zero attached hydrogens (tertiary/aromatic N) is 2. The topological polar surface area (TPSA) is 88.2 Å². The predicted molar refractivity (Wildman–Crippen MR) is 111 cm³/mol. The third kappa shape index (κ3) is 4.71. The maximum absolute atomic E-state index is 13.0. The Labute approximate surface area is 175 Å². The molecule has 0 aromatic heterocycles. The lowest BCUT2D eigenvalue weighted by molar-refractivity contribution is -0.131. The molecule has 0 unspecified atom stereocenters. The standard InChI is InChI=1S/C22H25N3O5/c1-29-17-9-6-10-18(30-2)20(17)22(28)25-13-11-24(12-14-25)19(26)15-23-21(27)16-7-4-3-5-8-16/h3-10H,11-15H2,1-2H3,(H,23,27). The van der Waals surface area contributed by atoms with E-state index in [1.807, 2.05) is 6.07 Å². The summed E-state index contributed by atoms with van der Waals surface area (Å²) in [6.45, 7) is 1.48. The van der Waals surface area contributed by atoms with Crippen LogP contribution in [-0.4, -0.2) is 74.5 Å². The van der Waals surface area contributed by atoms with Gasteiger partial charge in [-0.2, -0.15) is 0 Å². The van der Waals surface area contributed by atoms with Gasteiger partial charge in [-0.05, 0) is 24.3 Å². The number of benzene rings is 2. The number of nitrogens with one attached hydrogen (secondary N) is 1. The lowest BCUT2D eigenvalue weighted by Crippen LogP contribution is -2.52. The zero-order valence-electron chi connectivity index (χ0n) is 17.1. The number of methoxy groups -OCH3 is 2. The first-order valence-corrected chi connectivity index (χ1v) is 9.66. The number of carbonyl (C=O) groups excluding carboxylic acids is 3. The summed E-state index contributed by atoms with van der Waals surface area (Å²) in [5, 5.41) is 2.64. The molecule has 1 N–H and O–H groups in total. The third-order valence-corrected chi connectivity index (χ3v) is 5.00. The highest BCUT2D eigenvalue weighted by Crippen LogP contribution is 2.29. The number of carbonyl (C=O) groups is 3. The maximum atomic E-state index is 13.0. The quantitative estimate of drug-likeness (QED) is 0.777. The van der Waals surface area contributed by atoms with Gasteiger partial charge >= 0.3 is 0 Å². The van der Waals surface area contributed by atoms with Crippen molar-refractivity contribution in [2.24, 2.45) is 0 Å². The summed E-state index contributed by atoms with van der Waals surface area (Å²) in [6, 6.07) is 13.9. The van der Waals surface area contributed by atoms with Crippen molar-refractivity contribution in [1.82, 2.24) is 15.1 Å². The lowest BCUT2D eigenvalue weighted by Gasteiger charge is -2.35. The monoisotopic (exact) mass is 411 g/mol. The molecule has 0 saturated carbocycles. The predicted octanol–water partition coefficient (Wildman–Crippen LogP) is 1.42. The molecule has 3 amide bonds. The Morgan fingerprint density at radius 1 is 0.833 bits per heavy atom. The van der Waals surface area contributed by atoms with E-state index in [1.54, 1.807) is 52.3 Å². The van der Waals surface area contributed by atoms with Gasteiger partial charge in [0.15, 0.2) is 0 Å². The first kappa shape index (κ1) is 21.2. The van der Waals surface area contributed by atoms with Gasteiger partial charge in [0.2, 0.25) is 5.91 Å². The largest absolute Gasteiger partial charge is 0.496 e. The molecule has 0 bridgehead atoms. The van der Waals surface area contributed by atoms with Crippen molar-refractivity contribution in [2.45, 2.75) is 0 Å². The fraction of sp³-hybridized carbons (Fsp3) is 0.318. The number of ether oxygens (including phenoxy) is 2. The normalized spacial score (nSPS) is 13.5. The maximum Gasteiger partial charge on any atom is 0.261 e. The Balaban J connectivity index is 1.55. The summed E-state index contributed by atoms with van der Waals surface area (Å²) in [5.74, 6) is 0.221. The van der Waals surface area contributed by atoms with Gasteiger partial charge in [0.25, 0.3) is 11.8 Å². The van der Waals surface area contributed by atoms with E-state index in [-0.39, 0.29) is 24.3 Å². The molecule has 1 heterocycles. The van der Waals surface area contributed by atoms with Gasteiger partial charge in [-0.3, -0.25) is 14.4 Å². The number of hydrogen-bond acceptors (Lipinski definition) is 5. The number of piperazine rings is 1. The Bertz CT molecular complexity index is 886. The molecular weight excluding hydrogens is 386 g/mol. The van der Waals surface area contributed by atoms with Crippen LogP contribution in [0.15, 0.2) is 48.5 Å². The van der Waals surface area contributed by atoms with E-state index in [9.17, 15) is 14.4 Å². The second-order valence-corrected chi connectivity index (χ2v) is 6.76. The van der Waals surface area contributed by atoms with E-state index in [4.69, 9.17) is 9.47 Å². The molecule has 158 valence electrons. The Hall–Kier alpha value is -3.55. The van der Waals surface area contributed by atoms with E-state index in [1.165, 1.54) is 14.2 Å². The van der Waals surface area contributed by atoms with Crippen LogP contribution in [0.2, 0.25) is 0 Å². The van der Waals surface area contributed by atoms with E-state index < -0.39 is 0 Å². The number of hydrogen-bond donors (Lipinski definition) is 1. The molecule has 1 aliphatic heterocycles. The van der Waals surface area contributed by atoms with Crippen molar-refractivity contribution >= 4 is 17.7 Å². The summed E-state index contributed by atoms with van der Waals surface area (Å²) in [5.41, 5.74) is 0.879. The fourth-order valence-electron chi connectivity index (χ4n) is 3.34. The average molecular weight is 411 g/mol. The molecule has 3 rings (SSSR count). The molecule has 0 atom stereocenters. The molecule has 1 aliphatic rings. The smallest absolute Gasteiger partial charge is 0.261 e. The highest BCUT2D eigenvalue weighted by Gasteiger charge is 2.28. The Morgan fingerprint density at radius 3 is 1.97 bits per heavy atom. The Morgan fingerprint density at radius 2 is 1.40 bits per heavy atom. The second kappa shape index (κ2) is 9.78. The van der Waals surface area contributed by atoms with Crippen molar-refractivity contribution in [2.75, 3.05) is 46.9 Å². The molecule has 1 fully saturated rings. The van der Waals surface area contributed by atoms with Crippen molar-refractivity contribution < 1.29 is 23.9 Å². The van der Waals surface area contributed by atoms with Crippen molar-refractivity contribution in [1.29, 1.82) is 0 Å². The van der Waals surface area contributed by atoms with Crippen LogP contribution >= 0.6 is 0 Å². The SMILES string of the molecule is COc1cccc(OC)c1C(=O)N1CCN(C(=O)CNC(=O)c2ccccc2)CC1. The van der Waals surface area contributed by atoms with Crippen molar-refractivity contribution in [3.8, 4) is 11.5 Å². The molecular formula is C22H25N3O5. The highest BCUT2D eigenvalue weighted by molar-refractivity contribution is 6.00. The van der Waals surface area contributed by atoms with Crippen LogP contribution in [0.3, 0.4) is 0 Å². The minimum Gasteiger partial charge on any atom is -0.496 e. The van der Waals surface area contributed by atoms with Crippen LogP contribution in [0, 0.1) is 0 Å². The molecule has 2 aromatic rings. The van der Waals surface area contributed by atoms with Crippen LogP contribution < -0.4 is 14.8 Å². The van der Waals surface area contributed by atoms with Crippen molar-refractivity contribution in [3.05, 3.63) is 59.7 Å². The first-order valence-electron chi connectivity index (χ1n) is 9.66. The molecule has 8 nitrogen and oxygen atoms in total. The molecule has 8 heteroatoms. The number of amides is 3. The second-order valence-electron chi connectivity index (χ2n) is 6.76. The highest BCUT2D eigenvalue weighted by atomic mass is 16.5. The summed E-state index contributed by atoms with van der Waals surface area (Å²) in [7, 11) is 3.01. The summed E-state index contributed by atoms with van der Waals surface area (Å²) in [6.07, 6.45) is 0. The van der Waals surface area contributed by atoms with E-state index in [0.717, 1.165) is 0 Å². The summed E-state index contributed by atoms with van der Waals surface area (Å²) >= 11 is 0. The summed E-state index contributed by atoms with van der Waals surface area (Å²) < 4.78 is 10.6. The van der Waals surface area contributed by atoms with Crippen LogP contribution in [0.4, 0.5) is 0 Å². The van der Waals surface area contributed by atoms with Crippen LogP contribution in [0.25, 0.3) is 0 Å². The third-order valence-electron chi connectivity index (χ3n) is 5.00. The summed E-state index contributed by atoms with van der Waals surface area (Å²) in [4.78, 5) is 40.9. The van der Waals surface area contributed by atoms with Crippen LogP contribution in [0.5, 0.6) is 11.5 Å². The zero-order chi connectivity index (χ0) is 21.5. The van der Waals surface area contributed by atoms with Crippen molar-refractivity contribution in [3.63, 3.8) is 0 Å². The minimum absolute atomic E-state index is 0.0813. The van der Waals surface area contributed by atoms with Gasteiger partial charge in [0.1, 0.15) is 17.1 Å². The van der Waals surface area contributed by atoms with Crippen LogP contribution in [0.1, 0.15) is 20.7 Å². The van der Waals surface area contributed by atoms with Gasteiger partial charge in [0, 0.05) is 31.7 Å². The molecule has 0 aliphatic carbocycles. The van der Waals surface area contributed by atoms with Gasteiger partial charge < -0.3 is 24.6 Å². The molecule has 30 heavy (non-hydrogen) atoms.